The molecule has 8 N–H and O–H groups in total. The lowest BCUT2D eigenvalue weighted by Gasteiger charge is -2.25. The van der Waals surface area contributed by atoms with E-state index in [0.717, 1.165) is 0 Å². The molecular weight excluding hydrogens is 278 g/mol. The Morgan fingerprint density at radius 3 is 1.74 bits per heavy atom. The Balaban J connectivity index is 3.40. The minimum atomic E-state index is -6.08. The van der Waals surface area contributed by atoms with Gasteiger partial charge in [-0.3, -0.25) is 0 Å². The second-order valence-corrected chi connectivity index (χ2v) is 3.78. The summed E-state index contributed by atoms with van der Waals surface area (Å²) in [7, 11) is 0. The predicted octanol–water partition coefficient (Wildman–Crippen LogP) is 2.22. The standard InChI is InChI=1S/C9H10F6N4/c10-7(8(11,12)9(13,14)15)2-1-3(16)5(18)6(19)4(2)17/h1,7H,16-19H2. The summed E-state index contributed by atoms with van der Waals surface area (Å²) in [5.74, 6) is -5.63. The highest BCUT2D eigenvalue weighted by Gasteiger charge is 2.64. The molecule has 19 heavy (non-hydrogen) atoms. The SMILES string of the molecule is Nc1cc(C(F)C(F)(F)C(F)(F)F)c(N)c(N)c1N. The van der Waals surface area contributed by atoms with Gasteiger partial charge in [-0.25, -0.2) is 4.39 Å². The van der Waals surface area contributed by atoms with Crippen molar-refractivity contribution >= 4 is 22.7 Å². The van der Waals surface area contributed by atoms with E-state index in [2.05, 4.69) is 0 Å². The van der Waals surface area contributed by atoms with E-state index >= 15 is 0 Å². The van der Waals surface area contributed by atoms with Crippen molar-refractivity contribution in [2.45, 2.75) is 18.3 Å². The minimum absolute atomic E-state index is 0.316. The van der Waals surface area contributed by atoms with E-state index in [1.807, 2.05) is 0 Å². The van der Waals surface area contributed by atoms with Crippen LogP contribution in [-0.2, 0) is 0 Å². The first-order valence-electron chi connectivity index (χ1n) is 4.72. The Kier molecular flexibility index (Phi) is 3.39. The van der Waals surface area contributed by atoms with Crippen LogP contribution in [-0.4, -0.2) is 12.1 Å². The van der Waals surface area contributed by atoms with Crippen LogP contribution in [0.1, 0.15) is 11.7 Å². The number of hydrogen-bond donors (Lipinski definition) is 4. The van der Waals surface area contributed by atoms with Gasteiger partial charge in [0.05, 0.1) is 22.7 Å². The topological polar surface area (TPSA) is 104 Å². The molecule has 1 unspecified atom stereocenters. The molecule has 1 atom stereocenters. The molecule has 4 nitrogen and oxygen atoms in total. The van der Waals surface area contributed by atoms with Crippen LogP contribution in [0.5, 0.6) is 0 Å². The first-order chi connectivity index (χ1) is 8.41. The van der Waals surface area contributed by atoms with E-state index in [1.54, 1.807) is 0 Å². The fourth-order valence-corrected chi connectivity index (χ4v) is 1.33. The maximum atomic E-state index is 13.5. The molecule has 0 saturated carbocycles. The van der Waals surface area contributed by atoms with Crippen molar-refractivity contribution in [3.63, 3.8) is 0 Å². The van der Waals surface area contributed by atoms with E-state index in [1.165, 1.54) is 0 Å². The van der Waals surface area contributed by atoms with E-state index in [9.17, 15) is 26.3 Å². The number of halogens is 6. The second kappa shape index (κ2) is 4.28. The highest BCUT2D eigenvalue weighted by molar-refractivity contribution is 5.88. The van der Waals surface area contributed by atoms with Crippen LogP contribution in [0.25, 0.3) is 0 Å². The van der Waals surface area contributed by atoms with Gasteiger partial charge in [-0.2, -0.15) is 22.0 Å². The summed E-state index contributed by atoms with van der Waals surface area (Å²) in [6, 6.07) is 0.505. The number of nitrogens with two attached hydrogens (primary N) is 4. The van der Waals surface area contributed by atoms with Crippen molar-refractivity contribution in [3.05, 3.63) is 11.6 Å². The smallest absolute Gasteiger partial charge is 0.397 e. The Hall–Kier alpha value is -2.00. The number of anilines is 4. The number of benzene rings is 1. The van der Waals surface area contributed by atoms with Gasteiger partial charge in [0, 0.05) is 5.56 Å². The summed E-state index contributed by atoms with van der Waals surface area (Å²) in [5.41, 5.74) is 17.7. The molecule has 1 aromatic carbocycles. The van der Waals surface area contributed by atoms with Gasteiger partial charge in [0.15, 0.2) is 6.17 Å². The first-order valence-corrected chi connectivity index (χ1v) is 4.72. The van der Waals surface area contributed by atoms with E-state index in [-0.39, 0.29) is 5.69 Å². The Morgan fingerprint density at radius 1 is 0.842 bits per heavy atom. The Morgan fingerprint density at radius 2 is 1.32 bits per heavy atom. The van der Waals surface area contributed by atoms with Gasteiger partial charge in [0.25, 0.3) is 0 Å². The normalized spacial score (nSPS) is 14.4. The third-order valence-electron chi connectivity index (χ3n) is 2.48. The third kappa shape index (κ3) is 2.29. The van der Waals surface area contributed by atoms with E-state index < -0.39 is 40.9 Å². The molecule has 0 saturated heterocycles. The molecular formula is C9H10F6N4. The van der Waals surface area contributed by atoms with Crippen molar-refractivity contribution in [2.75, 3.05) is 22.9 Å². The predicted molar refractivity (Wildman–Crippen MR) is 58.9 cm³/mol. The van der Waals surface area contributed by atoms with Crippen LogP contribution >= 0.6 is 0 Å². The molecule has 0 heterocycles. The average Bonchev–Trinajstić information content (AvgIpc) is 2.28. The van der Waals surface area contributed by atoms with Gasteiger partial charge in [0.2, 0.25) is 0 Å². The monoisotopic (exact) mass is 288 g/mol. The molecule has 0 spiro atoms. The summed E-state index contributed by atoms with van der Waals surface area (Å²) in [6.07, 6.45) is -9.82. The minimum Gasteiger partial charge on any atom is -0.397 e. The Bertz CT molecular complexity index is 498. The van der Waals surface area contributed by atoms with Gasteiger partial charge in [-0.05, 0) is 6.07 Å². The molecule has 0 bridgehead atoms. The van der Waals surface area contributed by atoms with Gasteiger partial charge in [0.1, 0.15) is 0 Å². The van der Waals surface area contributed by atoms with Crippen molar-refractivity contribution in [2.24, 2.45) is 0 Å². The highest BCUT2D eigenvalue weighted by Crippen LogP contribution is 2.49. The zero-order valence-electron chi connectivity index (χ0n) is 9.23. The zero-order valence-corrected chi connectivity index (χ0v) is 9.23. The number of nitrogen functional groups attached to an aromatic ring is 4. The van der Waals surface area contributed by atoms with E-state index in [4.69, 9.17) is 22.9 Å². The highest BCUT2D eigenvalue weighted by atomic mass is 19.4. The average molecular weight is 288 g/mol. The van der Waals surface area contributed by atoms with E-state index in [0.29, 0.717) is 6.07 Å². The zero-order chi connectivity index (χ0) is 15.2. The third-order valence-corrected chi connectivity index (χ3v) is 2.48. The number of alkyl halides is 6. The van der Waals surface area contributed by atoms with Crippen molar-refractivity contribution in [1.82, 2.24) is 0 Å². The number of hydrogen-bond acceptors (Lipinski definition) is 4. The molecule has 0 aliphatic rings. The summed E-state index contributed by atoms with van der Waals surface area (Å²) >= 11 is 0. The molecule has 1 rings (SSSR count). The maximum Gasteiger partial charge on any atom is 0.456 e. The quantitative estimate of drug-likeness (QED) is 0.494. The van der Waals surface area contributed by atoms with Crippen LogP contribution < -0.4 is 22.9 Å². The van der Waals surface area contributed by atoms with Gasteiger partial charge in [-0.1, -0.05) is 0 Å². The maximum absolute atomic E-state index is 13.5. The lowest BCUT2D eigenvalue weighted by molar-refractivity contribution is -0.304. The van der Waals surface area contributed by atoms with Crippen molar-refractivity contribution in [3.8, 4) is 0 Å². The Labute approximate surface area is 103 Å². The fraction of sp³-hybridized carbons (Fsp3) is 0.333. The lowest BCUT2D eigenvalue weighted by atomic mass is 9.99. The molecule has 0 aliphatic heterocycles. The number of rotatable bonds is 2. The van der Waals surface area contributed by atoms with Crippen LogP contribution in [0.2, 0.25) is 0 Å². The molecule has 108 valence electrons. The lowest BCUT2D eigenvalue weighted by Crippen LogP contribution is -2.40. The first kappa shape index (κ1) is 15.1. The van der Waals surface area contributed by atoms with Gasteiger partial charge in [-0.15, -0.1) is 0 Å². The summed E-state index contributed by atoms with van der Waals surface area (Å²) < 4.78 is 75.4. The molecule has 0 aromatic heterocycles. The summed E-state index contributed by atoms with van der Waals surface area (Å²) in [5, 5.41) is 0. The summed E-state index contributed by atoms with van der Waals surface area (Å²) in [4.78, 5) is 0. The largest absolute Gasteiger partial charge is 0.456 e. The second-order valence-electron chi connectivity index (χ2n) is 3.78. The molecule has 10 heteroatoms. The van der Waals surface area contributed by atoms with Crippen LogP contribution in [0.4, 0.5) is 49.1 Å². The summed E-state index contributed by atoms with van der Waals surface area (Å²) in [6.45, 7) is 0. The molecule has 0 amide bonds. The van der Waals surface area contributed by atoms with Crippen molar-refractivity contribution < 1.29 is 26.3 Å². The molecule has 1 aromatic rings. The van der Waals surface area contributed by atoms with Gasteiger partial charge < -0.3 is 22.9 Å². The molecule has 0 radical (unpaired) electrons. The molecule has 0 aliphatic carbocycles. The molecule has 0 fully saturated rings. The van der Waals surface area contributed by atoms with Crippen LogP contribution in [0, 0.1) is 0 Å². The van der Waals surface area contributed by atoms with Crippen LogP contribution in [0.15, 0.2) is 6.07 Å². The van der Waals surface area contributed by atoms with Crippen LogP contribution in [0.3, 0.4) is 0 Å². The fourth-order valence-electron chi connectivity index (χ4n) is 1.33. The van der Waals surface area contributed by atoms with Gasteiger partial charge >= 0.3 is 12.1 Å². The van der Waals surface area contributed by atoms with Crippen molar-refractivity contribution in [1.29, 1.82) is 0 Å².